The van der Waals surface area contributed by atoms with Crippen LogP contribution < -0.4 is 10.1 Å². The van der Waals surface area contributed by atoms with Gasteiger partial charge < -0.3 is 10.1 Å². The molecule has 2 aromatic carbocycles. The highest BCUT2D eigenvalue weighted by molar-refractivity contribution is 6.00. The predicted molar refractivity (Wildman–Crippen MR) is 80.0 cm³/mol. The van der Waals surface area contributed by atoms with E-state index in [0.29, 0.717) is 5.75 Å². The predicted octanol–water partition coefficient (Wildman–Crippen LogP) is 3.77. The highest BCUT2D eigenvalue weighted by Gasteiger charge is 2.35. The van der Waals surface area contributed by atoms with E-state index < -0.39 is 5.60 Å². The van der Waals surface area contributed by atoms with Crippen LogP contribution in [0.2, 0.25) is 0 Å². The highest BCUT2D eigenvalue weighted by Crippen LogP contribution is 2.37. The van der Waals surface area contributed by atoms with Crippen molar-refractivity contribution in [2.75, 3.05) is 5.32 Å². The molecule has 2 aromatic rings. The summed E-state index contributed by atoms with van der Waals surface area (Å²) in [5, 5.41) is 2.92. The zero-order chi connectivity index (χ0) is 14.3. The average Bonchev–Trinajstić information content (AvgIpc) is 2.40. The molecule has 0 aliphatic carbocycles. The maximum absolute atomic E-state index is 12.0. The third kappa shape index (κ3) is 2.05. The van der Waals surface area contributed by atoms with Crippen molar-refractivity contribution >= 4 is 11.6 Å². The minimum atomic E-state index is -0.822. The number of carbonyl (C=O) groups is 1. The van der Waals surface area contributed by atoms with E-state index in [9.17, 15) is 4.79 Å². The molecule has 0 saturated carbocycles. The zero-order valence-electron chi connectivity index (χ0n) is 11.9. The van der Waals surface area contributed by atoms with Crippen LogP contribution in [-0.4, -0.2) is 11.5 Å². The van der Waals surface area contributed by atoms with E-state index in [-0.39, 0.29) is 5.91 Å². The minimum Gasteiger partial charge on any atom is -0.476 e. The van der Waals surface area contributed by atoms with Crippen LogP contribution in [0.3, 0.4) is 0 Å². The van der Waals surface area contributed by atoms with E-state index in [0.717, 1.165) is 16.8 Å². The summed E-state index contributed by atoms with van der Waals surface area (Å²) in [6.45, 7) is 5.61. The first-order valence-electron chi connectivity index (χ1n) is 6.68. The molecule has 102 valence electrons. The van der Waals surface area contributed by atoms with Crippen LogP contribution in [0, 0.1) is 6.92 Å². The normalized spacial score (nSPS) is 16.1. The summed E-state index contributed by atoms with van der Waals surface area (Å²) < 4.78 is 5.74. The third-order valence-electron chi connectivity index (χ3n) is 3.60. The quantitative estimate of drug-likeness (QED) is 0.854. The lowest BCUT2D eigenvalue weighted by atomic mass is 9.98. The fourth-order valence-corrected chi connectivity index (χ4v) is 2.38. The summed E-state index contributed by atoms with van der Waals surface area (Å²) in [6, 6.07) is 14.1. The van der Waals surface area contributed by atoms with Crippen LogP contribution in [0.1, 0.15) is 19.4 Å². The molecule has 0 saturated heterocycles. The molecular weight excluding hydrogens is 250 g/mol. The average molecular weight is 267 g/mol. The van der Waals surface area contributed by atoms with Crippen molar-refractivity contribution in [1.82, 2.24) is 0 Å². The van der Waals surface area contributed by atoms with Gasteiger partial charge in [-0.1, -0.05) is 30.3 Å². The van der Waals surface area contributed by atoms with E-state index in [1.54, 1.807) is 13.8 Å². The van der Waals surface area contributed by atoms with Gasteiger partial charge in [-0.3, -0.25) is 4.79 Å². The molecule has 3 heteroatoms. The van der Waals surface area contributed by atoms with Gasteiger partial charge in [0.1, 0.15) is 5.75 Å². The Morgan fingerprint density at radius 3 is 2.60 bits per heavy atom. The number of amides is 1. The Morgan fingerprint density at radius 1 is 1.10 bits per heavy atom. The number of benzene rings is 2. The molecule has 0 bridgehead atoms. The van der Waals surface area contributed by atoms with Gasteiger partial charge in [-0.2, -0.15) is 0 Å². The number of nitrogens with one attached hydrogen (secondary N) is 1. The molecule has 3 rings (SSSR count). The van der Waals surface area contributed by atoms with Gasteiger partial charge in [-0.15, -0.1) is 0 Å². The summed E-state index contributed by atoms with van der Waals surface area (Å²) in [6.07, 6.45) is 0. The first-order valence-corrected chi connectivity index (χ1v) is 6.68. The first kappa shape index (κ1) is 12.7. The van der Waals surface area contributed by atoms with Crippen molar-refractivity contribution in [1.29, 1.82) is 0 Å². The topological polar surface area (TPSA) is 38.3 Å². The summed E-state index contributed by atoms with van der Waals surface area (Å²) in [5.74, 6) is 0.596. The molecule has 0 atom stereocenters. The van der Waals surface area contributed by atoms with Crippen molar-refractivity contribution in [3.63, 3.8) is 0 Å². The van der Waals surface area contributed by atoms with Gasteiger partial charge in [0.25, 0.3) is 5.91 Å². The van der Waals surface area contributed by atoms with Gasteiger partial charge >= 0.3 is 0 Å². The second-order valence-electron chi connectivity index (χ2n) is 5.59. The molecule has 0 radical (unpaired) electrons. The summed E-state index contributed by atoms with van der Waals surface area (Å²) >= 11 is 0. The van der Waals surface area contributed by atoms with E-state index in [1.807, 2.05) is 30.3 Å². The molecule has 0 fully saturated rings. The maximum atomic E-state index is 12.0. The second kappa shape index (κ2) is 4.37. The van der Waals surface area contributed by atoms with Crippen LogP contribution in [0.15, 0.2) is 42.5 Å². The van der Waals surface area contributed by atoms with E-state index >= 15 is 0 Å². The Balaban J connectivity index is 2.05. The van der Waals surface area contributed by atoms with Gasteiger partial charge in [-0.05, 0) is 49.6 Å². The molecule has 1 N–H and O–H groups in total. The van der Waals surface area contributed by atoms with Crippen molar-refractivity contribution in [3.8, 4) is 16.9 Å². The zero-order valence-corrected chi connectivity index (χ0v) is 11.9. The summed E-state index contributed by atoms with van der Waals surface area (Å²) in [4.78, 5) is 12.0. The standard InChI is InChI=1S/C17H17NO2/c1-11-6-4-5-7-13(11)12-8-9-15-14(10-12)18-16(19)17(2,3)20-15/h4-10H,1-3H3,(H,18,19). The number of fused-ring (bicyclic) bond motifs is 1. The van der Waals surface area contributed by atoms with Crippen molar-refractivity contribution in [2.24, 2.45) is 0 Å². The van der Waals surface area contributed by atoms with Crippen LogP contribution in [0.5, 0.6) is 5.75 Å². The number of ether oxygens (including phenoxy) is 1. The molecular formula is C17H17NO2. The number of aryl methyl sites for hydroxylation is 1. The molecule has 3 nitrogen and oxygen atoms in total. The highest BCUT2D eigenvalue weighted by atomic mass is 16.5. The largest absolute Gasteiger partial charge is 0.476 e. The van der Waals surface area contributed by atoms with Gasteiger partial charge in [0.15, 0.2) is 5.60 Å². The SMILES string of the molecule is Cc1ccccc1-c1ccc2c(c1)NC(=O)C(C)(C)O2. The molecule has 1 amide bonds. The van der Waals surface area contributed by atoms with Gasteiger partial charge in [0.2, 0.25) is 0 Å². The lowest BCUT2D eigenvalue weighted by Gasteiger charge is -2.31. The van der Waals surface area contributed by atoms with Crippen molar-refractivity contribution in [3.05, 3.63) is 48.0 Å². The van der Waals surface area contributed by atoms with Crippen molar-refractivity contribution in [2.45, 2.75) is 26.4 Å². The van der Waals surface area contributed by atoms with Crippen LogP contribution in [0.4, 0.5) is 5.69 Å². The fourth-order valence-electron chi connectivity index (χ4n) is 2.38. The number of anilines is 1. The molecule has 20 heavy (non-hydrogen) atoms. The van der Waals surface area contributed by atoms with Gasteiger partial charge in [0.05, 0.1) is 5.69 Å². The van der Waals surface area contributed by atoms with Crippen LogP contribution in [-0.2, 0) is 4.79 Å². The minimum absolute atomic E-state index is 0.119. The van der Waals surface area contributed by atoms with Gasteiger partial charge in [-0.25, -0.2) is 0 Å². The Morgan fingerprint density at radius 2 is 1.85 bits per heavy atom. The Hall–Kier alpha value is -2.29. The Kier molecular flexibility index (Phi) is 2.78. The fraction of sp³-hybridized carbons (Fsp3) is 0.235. The Labute approximate surface area is 118 Å². The summed E-state index contributed by atoms with van der Waals surface area (Å²) in [5.41, 5.74) is 3.35. The number of rotatable bonds is 1. The summed E-state index contributed by atoms with van der Waals surface area (Å²) in [7, 11) is 0. The van der Waals surface area contributed by atoms with E-state index in [4.69, 9.17) is 4.74 Å². The van der Waals surface area contributed by atoms with Crippen LogP contribution in [0.25, 0.3) is 11.1 Å². The number of hydrogen-bond donors (Lipinski definition) is 1. The molecule has 1 aliphatic rings. The molecule has 0 spiro atoms. The number of hydrogen-bond acceptors (Lipinski definition) is 2. The van der Waals surface area contributed by atoms with E-state index in [1.165, 1.54) is 5.56 Å². The van der Waals surface area contributed by atoms with Crippen molar-refractivity contribution < 1.29 is 9.53 Å². The monoisotopic (exact) mass is 267 g/mol. The molecule has 1 heterocycles. The molecule has 0 aromatic heterocycles. The van der Waals surface area contributed by atoms with Gasteiger partial charge in [0, 0.05) is 0 Å². The smallest absolute Gasteiger partial charge is 0.268 e. The van der Waals surface area contributed by atoms with Crippen LogP contribution >= 0.6 is 0 Å². The first-order chi connectivity index (χ1) is 9.47. The third-order valence-corrected chi connectivity index (χ3v) is 3.60. The lowest BCUT2D eigenvalue weighted by Crippen LogP contribution is -2.45. The number of carbonyl (C=O) groups excluding carboxylic acids is 1. The molecule has 1 aliphatic heterocycles. The van der Waals surface area contributed by atoms with E-state index in [2.05, 4.69) is 24.4 Å². The second-order valence-corrected chi connectivity index (χ2v) is 5.59. The maximum Gasteiger partial charge on any atom is 0.268 e. The Bertz CT molecular complexity index is 689. The lowest BCUT2D eigenvalue weighted by molar-refractivity contribution is -0.129. The molecule has 0 unspecified atom stereocenters.